The molecule has 4 nitrogen and oxygen atoms in total. The van der Waals surface area contributed by atoms with Gasteiger partial charge in [-0.15, -0.1) is 11.3 Å². The van der Waals surface area contributed by atoms with E-state index < -0.39 is 10.0 Å². The number of nitrogens with one attached hydrogen (secondary N) is 1. The van der Waals surface area contributed by atoms with E-state index in [4.69, 9.17) is 17.3 Å². The van der Waals surface area contributed by atoms with Crippen LogP contribution in [0.15, 0.2) is 52.7 Å². The predicted molar refractivity (Wildman–Crippen MR) is 88.5 cm³/mol. The van der Waals surface area contributed by atoms with Gasteiger partial charge in [-0.25, -0.2) is 8.42 Å². The topological polar surface area (TPSA) is 72.2 Å². The van der Waals surface area contributed by atoms with Crippen LogP contribution in [0, 0.1) is 0 Å². The molecule has 0 spiro atoms. The molecule has 0 radical (unpaired) electrons. The molecule has 0 aliphatic rings. The Hall–Kier alpha value is -1.76. The number of sulfonamides is 1. The molecule has 3 aromatic rings. The van der Waals surface area contributed by atoms with Crippen LogP contribution in [0.1, 0.15) is 0 Å². The molecule has 3 N–H and O–H groups in total. The molecule has 0 unspecified atom stereocenters. The number of nitrogens with two attached hydrogens (primary N) is 1. The zero-order chi connectivity index (χ0) is 15.0. The van der Waals surface area contributed by atoms with Crippen LogP contribution in [0.3, 0.4) is 0 Å². The normalized spacial score (nSPS) is 11.7. The SMILES string of the molecule is Nc1cc(Cl)ccc1S(=O)(=O)Nc1ccc2sccc2c1. The first-order valence-electron chi connectivity index (χ1n) is 6.01. The van der Waals surface area contributed by atoms with Crippen molar-refractivity contribution in [2.24, 2.45) is 0 Å². The number of fused-ring (bicyclic) bond motifs is 1. The molecule has 3 rings (SSSR count). The van der Waals surface area contributed by atoms with Gasteiger partial charge in [-0.1, -0.05) is 11.6 Å². The number of nitrogen functional groups attached to an aromatic ring is 1. The van der Waals surface area contributed by atoms with Gasteiger partial charge < -0.3 is 5.73 Å². The minimum absolute atomic E-state index is 0.0114. The van der Waals surface area contributed by atoms with Crippen molar-refractivity contribution in [2.45, 2.75) is 4.90 Å². The standard InChI is InChI=1S/C14H11ClN2O2S2/c15-10-1-4-14(12(16)8-10)21(18,19)17-11-2-3-13-9(7-11)5-6-20-13/h1-8,17H,16H2. The summed E-state index contributed by atoms with van der Waals surface area (Å²) < 4.78 is 28.4. The number of rotatable bonds is 3. The van der Waals surface area contributed by atoms with Crippen molar-refractivity contribution in [3.63, 3.8) is 0 Å². The van der Waals surface area contributed by atoms with Gasteiger partial charge in [0.1, 0.15) is 4.90 Å². The van der Waals surface area contributed by atoms with Gasteiger partial charge in [0.05, 0.1) is 5.69 Å². The second-order valence-electron chi connectivity index (χ2n) is 4.46. The average Bonchev–Trinajstić information content (AvgIpc) is 2.85. The molecule has 108 valence electrons. The molecular weight excluding hydrogens is 328 g/mol. The highest BCUT2D eigenvalue weighted by atomic mass is 35.5. The zero-order valence-electron chi connectivity index (χ0n) is 10.7. The van der Waals surface area contributed by atoms with E-state index in [1.165, 1.54) is 18.2 Å². The third-order valence-corrected chi connectivity index (χ3v) is 5.55. The summed E-state index contributed by atoms with van der Waals surface area (Å²) in [5.74, 6) is 0. The molecule has 0 fully saturated rings. The summed E-state index contributed by atoms with van der Waals surface area (Å²) in [6, 6.07) is 11.6. The summed E-state index contributed by atoms with van der Waals surface area (Å²) >= 11 is 7.39. The summed E-state index contributed by atoms with van der Waals surface area (Å²) in [6.45, 7) is 0. The van der Waals surface area contributed by atoms with E-state index in [1.54, 1.807) is 23.5 Å². The van der Waals surface area contributed by atoms with Crippen LogP contribution >= 0.6 is 22.9 Å². The fourth-order valence-electron chi connectivity index (χ4n) is 2.00. The Kier molecular flexibility index (Phi) is 3.52. The fourth-order valence-corrected chi connectivity index (χ4v) is 4.12. The molecule has 0 saturated carbocycles. The second kappa shape index (κ2) is 5.22. The summed E-state index contributed by atoms with van der Waals surface area (Å²) in [6.07, 6.45) is 0. The Morgan fingerprint density at radius 3 is 2.67 bits per heavy atom. The number of anilines is 2. The fraction of sp³-hybridized carbons (Fsp3) is 0. The number of halogens is 1. The summed E-state index contributed by atoms with van der Waals surface area (Å²) in [5, 5.41) is 3.34. The lowest BCUT2D eigenvalue weighted by atomic mass is 10.2. The molecule has 0 aliphatic carbocycles. The van der Waals surface area contributed by atoms with E-state index in [0.717, 1.165) is 10.1 Å². The number of benzene rings is 2. The number of hydrogen-bond acceptors (Lipinski definition) is 4. The molecule has 2 aromatic carbocycles. The largest absolute Gasteiger partial charge is 0.398 e. The molecule has 1 aromatic heterocycles. The van der Waals surface area contributed by atoms with Crippen LogP contribution in [-0.4, -0.2) is 8.42 Å². The van der Waals surface area contributed by atoms with Gasteiger partial charge in [0.2, 0.25) is 0 Å². The lowest BCUT2D eigenvalue weighted by Gasteiger charge is -2.10. The number of hydrogen-bond donors (Lipinski definition) is 2. The third-order valence-electron chi connectivity index (χ3n) is 2.97. The maximum absolute atomic E-state index is 12.4. The van der Waals surface area contributed by atoms with Crippen LogP contribution < -0.4 is 10.5 Å². The number of thiophene rings is 1. The van der Waals surface area contributed by atoms with E-state index >= 15 is 0 Å². The average molecular weight is 339 g/mol. The lowest BCUT2D eigenvalue weighted by molar-refractivity contribution is 0.601. The van der Waals surface area contributed by atoms with Crippen molar-refractivity contribution in [1.29, 1.82) is 0 Å². The first kappa shape index (κ1) is 14.2. The molecule has 1 heterocycles. The van der Waals surface area contributed by atoms with E-state index in [2.05, 4.69) is 4.72 Å². The Labute approximate surface area is 131 Å². The van der Waals surface area contributed by atoms with Crippen molar-refractivity contribution in [3.05, 3.63) is 52.9 Å². The Morgan fingerprint density at radius 1 is 1.10 bits per heavy atom. The molecule has 0 saturated heterocycles. The van der Waals surface area contributed by atoms with E-state index in [1.807, 2.05) is 17.5 Å². The maximum atomic E-state index is 12.4. The Bertz CT molecular complexity index is 920. The van der Waals surface area contributed by atoms with E-state index in [9.17, 15) is 8.42 Å². The lowest BCUT2D eigenvalue weighted by Crippen LogP contribution is -2.14. The highest BCUT2D eigenvalue weighted by Crippen LogP contribution is 2.27. The minimum atomic E-state index is -3.74. The van der Waals surface area contributed by atoms with Gasteiger partial charge in [0.25, 0.3) is 10.0 Å². The van der Waals surface area contributed by atoms with Crippen molar-refractivity contribution in [1.82, 2.24) is 0 Å². The molecule has 0 atom stereocenters. The quantitative estimate of drug-likeness (QED) is 0.710. The Morgan fingerprint density at radius 2 is 1.90 bits per heavy atom. The van der Waals surface area contributed by atoms with Gasteiger partial charge in [-0.2, -0.15) is 0 Å². The van der Waals surface area contributed by atoms with Gasteiger partial charge in [-0.05, 0) is 53.2 Å². The van der Waals surface area contributed by atoms with Gasteiger partial charge >= 0.3 is 0 Å². The molecule has 7 heteroatoms. The van der Waals surface area contributed by atoms with E-state index in [-0.39, 0.29) is 10.6 Å². The highest BCUT2D eigenvalue weighted by Gasteiger charge is 2.17. The second-order valence-corrected chi connectivity index (χ2v) is 7.50. The van der Waals surface area contributed by atoms with Gasteiger partial charge in [0, 0.05) is 15.4 Å². The van der Waals surface area contributed by atoms with Gasteiger partial charge in [-0.3, -0.25) is 4.72 Å². The summed E-state index contributed by atoms with van der Waals surface area (Å²) in [5.41, 5.74) is 6.35. The monoisotopic (exact) mass is 338 g/mol. The van der Waals surface area contributed by atoms with Crippen LogP contribution in [-0.2, 0) is 10.0 Å². The van der Waals surface area contributed by atoms with Crippen molar-refractivity contribution in [3.8, 4) is 0 Å². The van der Waals surface area contributed by atoms with Crippen LogP contribution in [0.25, 0.3) is 10.1 Å². The first-order valence-corrected chi connectivity index (χ1v) is 8.75. The van der Waals surface area contributed by atoms with Crippen molar-refractivity contribution in [2.75, 3.05) is 10.5 Å². The predicted octanol–water partition coefficient (Wildman–Crippen LogP) is 3.94. The van der Waals surface area contributed by atoms with Crippen LogP contribution in [0.5, 0.6) is 0 Å². The Balaban J connectivity index is 1.98. The minimum Gasteiger partial charge on any atom is -0.398 e. The highest BCUT2D eigenvalue weighted by molar-refractivity contribution is 7.92. The van der Waals surface area contributed by atoms with Crippen LogP contribution in [0.4, 0.5) is 11.4 Å². The smallest absolute Gasteiger partial charge is 0.263 e. The third kappa shape index (κ3) is 2.83. The first-order chi connectivity index (χ1) is 9.95. The molecular formula is C14H11ClN2O2S2. The van der Waals surface area contributed by atoms with Gasteiger partial charge in [0.15, 0.2) is 0 Å². The van der Waals surface area contributed by atoms with E-state index in [0.29, 0.717) is 10.7 Å². The molecule has 0 bridgehead atoms. The van der Waals surface area contributed by atoms with Crippen molar-refractivity contribution < 1.29 is 8.42 Å². The zero-order valence-corrected chi connectivity index (χ0v) is 13.1. The molecule has 0 amide bonds. The van der Waals surface area contributed by atoms with Crippen LogP contribution in [0.2, 0.25) is 5.02 Å². The molecule has 21 heavy (non-hydrogen) atoms. The maximum Gasteiger partial charge on any atom is 0.263 e. The molecule has 0 aliphatic heterocycles. The summed E-state index contributed by atoms with van der Waals surface area (Å²) in [7, 11) is -3.74. The van der Waals surface area contributed by atoms with Crippen molar-refractivity contribution >= 4 is 54.4 Å². The summed E-state index contributed by atoms with van der Waals surface area (Å²) in [4.78, 5) is 0.0114.